The molecule has 2 bridgehead atoms. The zero-order chi connectivity index (χ0) is 25.2. The number of halogens is 1. The summed E-state index contributed by atoms with van der Waals surface area (Å²) in [4.78, 5) is 44.2. The van der Waals surface area contributed by atoms with Gasteiger partial charge in [-0.05, 0) is 18.4 Å². The van der Waals surface area contributed by atoms with Crippen molar-refractivity contribution in [3.05, 3.63) is 61.2 Å². The molecule has 9 heteroatoms. The van der Waals surface area contributed by atoms with Gasteiger partial charge in [0.25, 0.3) is 0 Å². The molecule has 35 heavy (non-hydrogen) atoms. The number of β-amino-alcohol motifs (C(OH)–C–C–N with tert-alkyl or cyclic N) is 1. The molecular formula is C26H31BrN2O5S. The minimum atomic E-state index is -0.781. The van der Waals surface area contributed by atoms with Crippen LogP contribution in [0, 0.1) is 11.8 Å². The van der Waals surface area contributed by atoms with E-state index in [9.17, 15) is 19.5 Å². The summed E-state index contributed by atoms with van der Waals surface area (Å²) in [6.07, 6.45) is 4.47. The molecule has 0 aliphatic carbocycles. The van der Waals surface area contributed by atoms with E-state index < -0.39 is 28.6 Å². The van der Waals surface area contributed by atoms with Crippen molar-refractivity contribution >= 4 is 45.5 Å². The van der Waals surface area contributed by atoms with Crippen LogP contribution in [0.2, 0.25) is 0 Å². The Morgan fingerprint density at radius 3 is 2.69 bits per heavy atom. The van der Waals surface area contributed by atoms with Gasteiger partial charge >= 0.3 is 5.97 Å². The second-order valence-corrected chi connectivity index (χ2v) is 11.9. The Morgan fingerprint density at radius 2 is 2.03 bits per heavy atom. The van der Waals surface area contributed by atoms with Crippen molar-refractivity contribution in [3.8, 4) is 0 Å². The molecule has 0 saturated carbocycles. The molecule has 1 N–H and O–H groups in total. The number of aliphatic hydroxyl groups is 1. The standard InChI is InChI=1S/C26H31BrN2O5S/c1-3-5-14-34-25(33)19-20-23(31)29(12-13-30)22(26(20)15-18(27)21(19)35-26)24(32)28(11-4-2)16-17-9-7-6-8-10-17/h3-4,6-10,18-22,30H,1-2,5,11-16H2/t18?,19-,20+,21-,22?,26?/m1/s1. The Hall–Kier alpha value is -2.10. The molecule has 3 aliphatic rings. The summed E-state index contributed by atoms with van der Waals surface area (Å²) in [6, 6.07) is 8.89. The number of aliphatic hydroxyl groups excluding tert-OH is 1. The number of nitrogens with zero attached hydrogens (tertiary/aromatic N) is 2. The number of benzene rings is 1. The number of carbonyl (C=O) groups excluding carboxylic acids is 3. The first-order valence-electron chi connectivity index (χ1n) is 11.8. The second-order valence-electron chi connectivity index (χ2n) is 9.16. The van der Waals surface area contributed by atoms with Gasteiger partial charge in [-0.2, -0.15) is 0 Å². The predicted octanol–water partition coefficient (Wildman–Crippen LogP) is 2.78. The summed E-state index contributed by atoms with van der Waals surface area (Å²) in [5, 5.41) is 9.61. The number of alkyl halides is 1. The Kier molecular flexibility index (Phi) is 8.08. The average molecular weight is 564 g/mol. The Labute approximate surface area is 218 Å². The van der Waals surface area contributed by atoms with Gasteiger partial charge in [-0.3, -0.25) is 14.4 Å². The largest absolute Gasteiger partial charge is 0.465 e. The molecule has 1 spiro atoms. The van der Waals surface area contributed by atoms with Crippen molar-refractivity contribution in [2.75, 3.05) is 26.3 Å². The van der Waals surface area contributed by atoms with Crippen LogP contribution in [-0.4, -0.2) is 79.9 Å². The quantitative estimate of drug-likeness (QED) is 0.193. The number of thioether (sulfide) groups is 1. The lowest BCUT2D eigenvalue weighted by Gasteiger charge is -2.37. The third-order valence-electron chi connectivity index (χ3n) is 7.08. The fraction of sp³-hybridized carbons (Fsp3) is 0.500. The number of hydrogen-bond donors (Lipinski definition) is 1. The molecule has 2 amide bonds. The van der Waals surface area contributed by atoms with E-state index >= 15 is 0 Å². The van der Waals surface area contributed by atoms with Gasteiger partial charge < -0.3 is 19.6 Å². The van der Waals surface area contributed by atoms with E-state index in [1.165, 1.54) is 4.90 Å². The number of amides is 2. The van der Waals surface area contributed by atoms with E-state index in [2.05, 4.69) is 29.1 Å². The van der Waals surface area contributed by atoms with Crippen molar-refractivity contribution in [2.45, 2.75) is 40.3 Å². The summed E-state index contributed by atoms with van der Waals surface area (Å²) in [6.45, 7) is 8.16. The SMILES string of the molecule is C=CCCOC(=O)[C@H]1[C@@H]2SC3(CC2Br)C(C(=O)N(CC=C)Cc2ccccc2)N(CCO)C(=O)[C@H]13. The van der Waals surface area contributed by atoms with Crippen LogP contribution in [0.3, 0.4) is 0 Å². The summed E-state index contributed by atoms with van der Waals surface area (Å²) in [5.41, 5.74) is 0.972. The number of hydrogen-bond acceptors (Lipinski definition) is 6. The molecule has 6 atom stereocenters. The topological polar surface area (TPSA) is 87.2 Å². The van der Waals surface area contributed by atoms with Crippen molar-refractivity contribution < 1.29 is 24.2 Å². The van der Waals surface area contributed by atoms with Crippen molar-refractivity contribution in [1.29, 1.82) is 0 Å². The lowest BCUT2D eigenvalue weighted by atomic mass is 9.71. The zero-order valence-electron chi connectivity index (χ0n) is 19.6. The molecule has 3 fully saturated rings. The van der Waals surface area contributed by atoms with E-state index in [0.717, 1.165) is 5.56 Å². The number of likely N-dealkylation sites (tertiary alicyclic amines) is 1. The van der Waals surface area contributed by atoms with Gasteiger partial charge in [-0.25, -0.2) is 0 Å². The first kappa shape index (κ1) is 26.0. The number of ether oxygens (including phenoxy) is 1. The molecule has 188 valence electrons. The Balaban J connectivity index is 1.69. The smallest absolute Gasteiger partial charge is 0.310 e. The molecule has 3 saturated heterocycles. The van der Waals surface area contributed by atoms with Gasteiger partial charge in [0.15, 0.2) is 0 Å². The first-order chi connectivity index (χ1) is 16.9. The summed E-state index contributed by atoms with van der Waals surface area (Å²) in [7, 11) is 0. The number of carbonyl (C=O) groups is 3. The number of rotatable bonds is 11. The monoisotopic (exact) mass is 562 g/mol. The van der Waals surface area contributed by atoms with Crippen LogP contribution in [0.25, 0.3) is 0 Å². The summed E-state index contributed by atoms with van der Waals surface area (Å²) < 4.78 is 4.74. The molecule has 1 aromatic rings. The van der Waals surface area contributed by atoms with Gasteiger partial charge in [0, 0.05) is 29.7 Å². The molecule has 1 aromatic carbocycles. The van der Waals surface area contributed by atoms with Crippen molar-refractivity contribution in [3.63, 3.8) is 0 Å². The van der Waals surface area contributed by atoms with E-state index in [1.807, 2.05) is 30.3 Å². The van der Waals surface area contributed by atoms with Gasteiger partial charge in [-0.1, -0.05) is 58.4 Å². The Morgan fingerprint density at radius 1 is 1.29 bits per heavy atom. The van der Waals surface area contributed by atoms with E-state index in [-0.39, 0.29) is 41.6 Å². The summed E-state index contributed by atoms with van der Waals surface area (Å²) >= 11 is 5.29. The minimum absolute atomic E-state index is 0.0279. The maximum Gasteiger partial charge on any atom is 0.310 e. The lowest BCUT2D eigenvalue weighted by molar-refractivity contribution is -0.154. The summed E-state index contributed by atoms with van der Waals surface area (Å²) in [5.74, 6) is -2.15. The molecule has 0 radical (unpaired) electrons. The van der Waals surface area contributed by atoms with Gasteiger partial charge in [-0.15, -0.1) is 24.9 Å². The maximum absolute atomic E-state index is 14.1. The highest BCUT2D eigenvalue weighted by molar-refractivity contribution is 9.09. The third-order valence-corrected chi connectivity index (χ3v) is 10.3. The Bertz CT molecular complexity index is 991. The predicted molar refractivity (Wildman–Crippen MR) is 139 cm³/mol. The lowest BCUT2D eigenvalue weighted by Crippen LogP contribution is -2.55. The molecule has 7 nitrogen and oxygen atoms in total. The molecule has 0 aromatic heterocycles. The maximum atomic E-state index is 14.1. The van der Waals surface area contributed by atoms with Crippen LogP contribution < -0.4 is 0 Å². The molecule has 3 aliphatic heterocycles. The van der Waals surface area contributed by atoms with Crippen LogP contribution in [0.15, 0.2) is 55.6 Å². The van der Waals surface area contributed by atoms with Crippen molar-refractivity contribution in [1.82, 2.24) is 9.80 Å². The number of esters is 1. The van der Waals surface area contributed by atoms with Crippen LogP contribution in [0.4, 0.5) is 0 Å². The highest BCUT2D eigenvalue weighted by Gasteiger charge is 2.76. The van der Waals surface area contributed by atoms with Crippen LogP contribution >= 0.6 is 27.7 Å². The fourth-order valence-corrected chi connectivity index (χ4v) is 9.33. The second kappa shape index (κ2) is 10.9. The van der Waals surface area contributed by atoms with Gasteiger partial charge in [0.1, 0.15) is 6.04 Å². The van der Waals surface area contributed by atoms with Crippen LogP contribution in [0.5, 0.6) is 0 Å². The molecule has 4 rings (SSSR count). The van der Waals surface area contributed by atoms with E-state index in [4.69, 9.17) is 4.74 Å². The zero-order valence-corrected chi connectivity index (χ0v) is 22.0. The average Bonchev–Trinajstić information content (AvgIpc) is 3.43. The fourth-order valence-electron chi connectivity index (χ4n) is 5.73. The normalized spacial score (nSPS) is 30.7. The molecular weight excluding hydrogens is 532 g/mol. The van der Waals surface area contributed by atoms with Gasteiger partial charge in [0.05, 0.1) is 29.8 Å². The highest BCUT2D eigenvalue weighted by Crippen LogP contribution is 2.68. The van der Waals surface area contributed by atoms with E-state index in [1.54, 1.807) is 28.8 Å². The van der Waals surface area contributed by atoms with E-state index in [0.29, 0.717) is 25.9 Å². The molecule has 3 heterocycles. The van der Waals surface area contributed by atoms with Crippen LogP contribution in [0.1, 0.15) is 18.4 Å². The number of fused-ring (bicyclic) bond motifs is 1. The first-order valence-corrected chi connectivity index (χ1v) is 13.6. The molecule has 3 unspecified atom stereocenters. The highest BCUT2D eigenvalue weighted by atomic mass is 79.9. The van der Waals surface area contributed by atoms with Crippen molar-refractivity contribution in [2.24, 2.45) is 11.8 Å². The third kappa shape index (κ3) is 4.58. The minimum Gasteiger partial charge on any atom is -0.465 e. The van der Waals surface area contributed by atoms with Gasteiger partial charge in [0.2, 0.25) is 11.8 Å². The van der Waals surface area contributed by atoms with Crippen LogP contribution in [-0.2, 0) is 25.7 Å².